The highest BCUT2D eigenvalue weighted by atomic mass is 32.2. The van der Waals surface area contributed by atoms with Crippen molar-refractivity contribution in [2.75, 3.05) is 0 Å². The molecular formula is C13H8O4S. The van der Waals surface area contributed by atoms with Gasteiger partial charge in [-0.15, -0.1) is 0 Å². The van der Waals surface area contributed by atoms with Crippen LogP contribution in [-0.4, -0.2) is 4.55 Å². The highest BCUT2D eigenvalue weighted by Gasteiger charge is 2.07. The van der Waals surface area contributed by atoms with Crippen molar-refractivity contribution in [3.8, 4) is 5.75 Å². The van der Waals surface area contributed by atoms with Crippen LogP contribution in [0.4, 0.5) is 0 Å². The van der Waals surface area contributed by atoms with Gasteiger partial charge in [0.05, 0.1) is 5.39 Å². The Morgan fingerprint density at radius 3 is 2.61 bits per heavy atom. The first kappa shape index (κ1) is 11.1. The molecule has 3 rings (SSSR count). The van der Waals surface area contributed by atoms with E-state index in [4.69, 9.17) is 13.2 Å². The van der Waals surface area contributed by atoms with Crippen LogP contribution in [0.25, 0.3) is 21.7 Å². The molecule has 0 aliphatic rings. The Kier molecular flexibility index (Phi) is 2.70. The Morgan fingerprint density at radius 2 is 1.83 bits per heavy atom. The summed E-state index contributed by atoms with van der Waals surface area (Å²) in [7, 11) is 0. The van der Waals surface area contributed by atoms with Crippen molar-refractivity contribution in [2.24, 2.45) is 0 Å². The van der Waals surface area contributed by atoms with Gasteiger partial charge in [0, 0.05) is 11.5 Å². The third-order valence-electron chi connectivity index (χ3n) is 2.73. The van der Waals surface area contributed by atoms with Gasteiger partial charge in [-0.3, -0.25) is 4.55 Å². The molecule has 0 aliphatic carbocycles. The van der Waals surface area contributed by atoms with Crippen LogP contribution in [0.2, 0.25) is 0 Å². The second kappa shape index (κ2) is 4.36. The third-order valence-corrected chi connectivity index (χ3v) is 2.99. The largest absolute Gasteiger partial charge is 0.422 e. The predicted octanol–water partition coefficient (Wildman–Crippen LogP) is 3.45. The third kappa shape index (κ3) is 1.73. The molecule has 0 spiro atoms. The van der Waals surface area contributed by atoms with E-state index in [1.807, 2.05) is 12.1 Å². The molecule has 0 unspecified atom stereocenters. The van der Waals surface area contributed by atoms with Gasteiger partial charge < -0.3 is 8.60 Å². The smallest absolute Gasteiger partial charge is 0.344 e. The molecule has 3 aromatic rings. The molecule has 0 amide bonds. The fourth-order valence-electron chi connectivity index (χ4n) is 1.96. The van der Waals surface area contributed by atoms with Crippen LogP contribution in [-0.2, 0) is 0 Å². The Morgan fingerprint density at radius 1 is 1.06 bits per heavy atom. The predicted molar refractivity (Wildman–Crippen MR) is 70.8 cm³/mol. The molecule has 4 nitrogen and oxygen atoms in total. The van der Waals surface area contributed by atoms with E-state index in [9.17, 15) is 4.79 Å². The van der Waals surface area contributed by atoms with Gasteiger partial charge in [0.15, 0.2) is 0 Å². The fourth-order valence-corrected chi connectivity index (χ4v) is 2.15. The standard InChI is InChI=1S/C13H8O4S/c14-13-11-4-2-1-3-9(11)10-6-5-8(17-18-15)7-12(10)16-13/h1-7,15H. The maximum atomic E-state index is 11.8. The summed E-state index contributed by atoms with van der Waals surface area (Å²) in [5.41, 5.74) is 0.0529. The zero-order valence-electron chi connectivity index (χ0n) is 9.12. The Hall–Kier alpha value is -1.98. The molecule has 1 aromatic heterocycles. The van der Waals surface area contributed by atoms with Gasteiger partial charge in [-0.1, -0.05) is 18.2 Å². The summed E-state index contributed by atoms with van der Waals surface area (Å²) in [6, 6.07) is 12.3. The topological polar surface area (TPSA) is 59.7 Å². The first-order valence-electron chi connectivity index (χ1n) is 5.23. The summed E-state index contributed by atoms with van der Waals surface area (Å²) in [6.45, 7) is 0. The number of rotatable bonds is 2. The van der Waals surface area contributed by atoms with Crippen molar-refractivity contribution >= 4 is 34.1 Å². The van der Waals surface area contributed by atoms with E-state index in [1.165, 1.54) is 0 Å². The van der Waals surface area contributed by atoms with Gasteiger partial charge in [0.2, 0.25) is 12.3 Å². The zero-order chi connectivity index (χ0) is 12.5. The summed E-state index contributed by atoms with van der Waals surface area (Å²) in [5.74, 6) is 0.424. The summed E-state index contributed by atoms with van der Waals surface area (Å²) < 4.78 is 18.7. The van der Waals surface area contributed by atoms with Crippen molar-refractivity contribution in [1.29, 1.82) is 0 Å². The lowest BCUT2D eigenvalue weighted by molar-refractivity contribution is 0.536. The van der Waals surface area contributed by atoms with Crippen molar-refractivity contribution in [2.45, 2.75) is 0 Å². The average Bonchev–Trinajstić information content (AvgIpc) is 2.39. The van der Waals surface area contributed by atoms with Crippen molar-refractivity contribution in [3.63, 3.8) is 0 Å². The van der Waals surface area contributed by atoms with Gasteiger partial charge in [0.25, 0.3) is 0 Å². The minimum Gasteiger partial charge on any atom is -0.422 e. The van der Waals surface area contributed by atoms with Gasteiger partial charge >= 0.3 is 5.63 Å². The number of hydrogen-bond acceptors (Lipinski definition) is 5. The molecule has 0 saturated heterocycles. The quantitative estimate of drug-likeness (QED) is 0.434. The van der Waals surface area contributed by atoms with Crippen LogP contribution in [0.1, 0.15) is 0 Å². The molecule has 1 N–H and O–H groups in total. The zero-order valence-corrected chi connectivity index (χ0v) is 9.94. The number of hydrogen-bond donors (Lipinski definition) is 1. The highest BCUT2D eigenvalue weighted by molar-refractivity contribution is 7.89. The molecule has 0 saturated carbocycles. The minimum absolute atomic E-state index is 0.251. The van der Waals surface area contributed by atoms with Gasteiger partial charge in [0.1, 0.15) is 11.3 Å². The minimum atomic E-state index is -0.382. The second-order valence-corrected chi connectivity index (χ2v) is 4.07. The van der Waals surface area contributed by atoms with Gasteiger partial charge in [-0.05, 0) is 23.6 Å². The lowest BCUT2D eigenvalue weighted by atomic mass is 10.1. The lowest BCUT2D eigenvalue weighted by Crippen LogP contribution is -1.99. The molecule has 0 atom stereocenters. The maximum absolute atomic E-state index is 11.8. The van der Waals surface area contributed by atoms with E-state index in [2.05, 4.69) is 0 Å². The van der Waals surface area contributed by atoms with Crippen LogP contribution in [0.3, 0.4) is 0 Å². The SMILES string of the molecule is O=c1oc2cc(OSO)ccc2c2ccccc12. The number of benzene rings is 2. The van der Waals surface area contributed by atoms with E-state index in [0.717, 1.165) is 10.8 Å². The molecule has 0 bridgehead atoms. The van der Waals surface area contributed by atoms with Crippen molar-refractivity contribution in [1.82, 2.24) is 0 Å². The second-order valence-electron chi connectivity index (χ2n) is 3.75. The van der Waals surface area contributed by atoms with E-state index >= 15 is 0 Å². The van der Waals surface area contributed by atoms with Crippen LogP contribution in [0, 0.1) is 0 Å². The Bertz CT molecular complexity index is 779. The van der Waals surface area contributed by atoms with E-state index in [1.54, 1.807) is 30.3 Å². The van der Waals surface area contributed by atoms with Crippen LogP contribution in [0.5, 0.6) is 5.75 Å². The first-order chi connectivity index (χ1) is 8.79. The number of fused-ring (bicyclic) bond motifs is 3. The molecule has 0 radical (unpaired) electrons. The van der Waals surface area contributed by atoms with E-state index < -0.39 is 0 Å². The van der Waals surface area contributed by atoms with Gasteiger partial charge in [-0.25, -0.2) is 4.79 Å². The summed E-state index contributed by atoms with van der Waals surface area (Å²) in [6.07, 6.45) is 0. The van der Waals surface area contributed by atoms with Crippen LogP contribution >= 0.6 is 12.3 Å². The molecule has 18 heavy (non-hydrogen) atoms. The molecule has 2 aromatic carbocycles. The van der Waals surface area contributed by atoms with Crippen LogP contribution in [0.15, 0.2) is 51.7 Å². The first-order valence-corrected chi connectivity index (χ1v) is 5.93. The van der Waals surface area contributed by atoms with Crippen molar-refractivity contribution < 1.29 is 13.2 Å². The normalized spacial score (nSPS) is 10.9. The van der Waals surface area contributed by atoms with Crippen molar-refractivity contribution in [3.05, 3.63) is 52.9 Å². The molecule has 0 fully saturated rings. The molecular weight excluding hydrogens is 252 g/mol. The molecule has 5 heteroatoms. The summed E-state index contributed by atoms with van der Waals surface area (Å²) in [4.78, 5) is 11.8. The fraction of sp³-hybridized carbons (Fsp3) is 0. The Balaban J connectivity index is 2.39. The molecule has 1 heterocycles. The Labute approximate surface area is 106 Å². The summed E-state index contributed by atoms with van der Waals surface area (Å²) >= 11 is 0.251. The summed E-state index contributed by atoms with van der Waals surface area (Å²) in [5, 5.41) is 2.22. The highest BCUT2D eigenvalue weighted by Crippen LogP contribution is 2.27. The lowest BCUT2D eigenvalue weighted by Gasteiger charge is -2.04. The monoisotopic (exact) mass is 260 g/mol. The van der Waals surface area contributed by atoms with E-state index in [0.29, 0.717) is 16.7 Å². The molecule has 0 aliphatic heterocycles. The van der Waals surface area contributed by atoms with Crippen LogP contribution < -0.4 is 9.81 Å². The van der Waals surface area contributed by atoms with E-state index in [-0.39, 0.29) is 17.9 Å². The van der Waals surface area contributed by atoms with Gasteiger partial charge in [-0.2, -0.15) is 0 Å². The maximum Gasteiger partial charge on any atom is 0.344 e. The average molecular weight is 260 g/mol. The molecule has 90 valence electrons.